The maximum Gasteiger partial charge on any atom is 0.249 e. The number of fused-ring (bicyclic) bond motifs is 2. The fraction of sp³-hybridized carbons (Fsp3) is 0.333. The van der Waals surface area contributed by atoms with E-state index in [1.165, 1.54) is 5.56 Å². The molecule has 1 atom stereocenters. The Morgan fingerprint density at radius 1 is 1.30 bits per heavy atom. The number of hydrogen-bond acceptors (Lipinski definition) is 3. The number of carbonyl (C=O) groups excluding carboxylic acids is 1. The smallest absolute Gasteiger partial charge is 0.249 e. The van der Waals surface area contributed by atoms with Crippen molar-refractivity contribution in [1.82, 2.24) is 9.88 Å². The predicted molar refractivity (Wildman–Crippen MR) is 101 cm³/mol. The van der Waals surface area contributed by atoms with E-state index < -0.39 is 0 Å². The number of aromatic nitrogens is 1. The highest BCUT2D eigenvalue weighted by Gasteiger charge is 2.33. The van der Waals surface area contributed by atoms with E-state index in [1.54, 1.807) is 6.20 Å². The first-order chi connectivity index (χ1) is 11.1. The monoisotopic (exact) mass is 421 g/mol. The summed E-state index contributed by atoms with van der Waals surface area (Å²) in [5, 5.41) is 0. The molecule has 0 fully saturated rings. The summed E-state index contributed by atoms with van der Waals surface area (Å²) in [6, 6.07) is 12.0. The van der Waals surface area contributed by atoms with E-state index in [4.69, 9.17) is 0 Å². The summed E-state index contributed by atoms with van der Waals surface area (Å²) in [5.41, 5.74) is 3.44. The molecule has 1 aliphatic heterocycles. The Bertz CT molecular complexity index is 719. The van der Waals surface area contributed by atoms with Gasteiger partial charge in [-0.25, -0.2) is 4.98 Å². The molecular weight excluding hydrogens is 401 g/mol. The van der Waals surface area contributed by atoms with Crippen molar-refractivity contribution in [2.24, 2.45) is 0 Å². The average molecular weight is 421 g/mol. The molecule has 0 radical (unpaired) electrons. The van der Waals surface area contributed by atoms with Crippen molar-refractivity contribution in [3.63, 3.8) is 0 Å². The predicted octanol–water partition coefficient (Wildman–Crippen LogP) is 3.06. The summed E-state index contributed by atoms with van der Waals surface area (Å²) in [4.78, 5) is 21.5. The van der Waals surface area contributed by atoms with Gasteiger partial charge in [-0.15, -0.1) is 0 Å². The number of hydrogen-bond donors (Lipinski definition) is 0. The molecule has 0 saturated heterocycles. The second kappa shape index (κ2) is 6.86. The normalized spacial score (nSPS) is 16.3. The van der Waals surface area contributed by atoms with Gasteiger partial charge in [-0.1, -0.05) is 52.9 Å². The molecule has 1 amide bonds. The van der Waals surface area contributed by atoms with E-state index in [1.807, 2.05) is 42.1 Å². The molecule has 0 N–H and O–H groups in total. The first-order valence-electron chi connectivity index (χ1n) is 7.69. The molecule has 120 valence electrons. The maximum absolute atomic E-state index is 13.1. The van der Waals surface area contributed by atoms with E-state index in [9.17, 15) is 4.79 Å². The van der Waals surface area contributed by atoms with Crippen LogP contribution in [0, 0.1) is 0 Å². The minimum absolute atomic E-state index is 0.120. The van der Waals surface area contributed by atoms with E-state index in [2.05, 4.69) is 45.8 Å². The zero-order valence-electron chi connectivity index (χ0n) is 13.4. The Hall–Kier alpha value is -1.63. The third-order valence-electron chi connectivity index (χ3n) is 4.35. The SMILES string of the molecule is CN(CCI)C(=O)[C@@H]1c2ccccc2Cc2cccnc2N1C. The van der Waals surface area contributed by atoms with Crippen LogP contribution in [0.1, 0.15) is 22.7 Å². The van der Waals surface area contributed by atoms with Gasteiger partial charge in [0.05, 0.1) is 0 Å². The fourth-order valence-corrected chi connectivity index (χ4v) is 3.85. The van der Waals surface area contributed by atoms with Crippen molar-refractivity contribution in [3.8, 4) is 0 Å². The number of rotatable bonds is 3. The number of pyridine rings is 1. The number of amides is 1. The highest BCUT2D eigenvalue weighted by Crippen LogP contribution is 2.35. The summed E-state index contributed by atoms with van der Waals surface area (Å²) < 4.78 is 0.924. The Morgan fingerprint density at radius 3 is 2.83 bits per heavy atom. The quantitative estimate of drug-likeness (QED) is 0.565. The molecule has 5 heteroatoms. The Morgan fingerprint density at radius 2 is 2.04 bits per heavy atom. The van der Waals surface area contributed by atoms with Crippen molar-refractivity contribution < 1.29 is 4.79 Å². The summed E-state index contributed by atoms with van der Waals surface area (Å²) in [5.74, 6) is 1.01. The molecule has 0 saturated carbocycles. The molecule has 4 nitrogen and oxygen atoms in total. The van der Waals surface area contributed by atoms with E-state index in [0.717, 1.165) is 34.3 Å². The van der Waals surface area contributed by atoms with E-state index in [0.29, 0.717) is 0 Å². The van der Waals surface area contributed by atoms with E-state index in [-0.39, 0.29) is 11.9 Å². The Labute approximate surface area is 150 Å². The van der Waals surface area contributed by atoms with Gasteiger partial charge in [-0.2, -0.15) is 0 Å². The average Bonchev–Trinajstić information content (AvgIpc) is 2.68. The number of alkyl halides is 1. The second-order valence-electron chi connectivity index (χ2n) is 5.82. The highest BCUT2D eigenvalue weighted by atomic mass is 127. The number of carbonyl (C=O) groups is 1. The number of halogens is 1. The van der Waals surface area contributed by atoms with Crippen LogP contribution in [-0.4, -0.2) is 40.9 Å². The first kappa shape index (κ1) is 16.2. The minimum atomic E-state index is -0.324. The third kappa shape index (κ3) is 3.06. The summed E-state index contributed by atoms with van der Waals surface area (Å²) in [6.07, 6.45) is 2.60. The lowest BCUT2D eigenvalue weighted by Crippen LogP contribution is -2.41. The van der Waals surface area contributed by atoms with Gasteiger partial charge in [0.1, 0.15) is 11.9 Å². The van der Waals surface area contributed by atoms with Crippen LogP contribution in [0.4, 0.5) is 5.82 Å². The van der Waals surface area contributed by atoms with Gasteiger partial charge in [0, 0.05) is 37.7 Å². The fourth-order valence-electron chi connectivity index (χ4n) is 3.13. The molecule has 23 heavy (non-hydrogen) atoms. The summed E-state index contributed by atoms with van der Waals surface area (Å²) >= 11 is 2.30. The highest BCUT2D eigenvalue weighted by molar-refractivity contribution is 14.1. The van der Waals surface area contributed by atoms with Crippen LogP contribution in [0.3, 0.4) is 0 Å². The van der Waals surface area contributed by atoms with Crippen LogP contribution in [0.15, 0.2) is 42.6 Å². The molecule has 0 spiro atoms. The van der Waals surface area contributed by atoms with Gasteiger partial charge in [-0.3, -0.25) is 4.79 Å². The van der Waals surface area contributed by atoms with Crippen LogP contribution in [0.2, 0.25) is 0 Å². The van der Waals surface area contributed by atoms with Crippen molar-refractivity contribution in [1.29, 1.82) is 0 Å². The molecule has 0 unspecified atom stereocenters. The number of benzene rings is 1. The number of nitrogens with zero attached hydrogens (tertiary/aromatic N) is 3. The number of anilines is 1. The lowest BCUT2D eigenvalue weighted by molar-refractivity contribution is -0.131. The van der Waals surface area contributed by atoms with Crippen molar-refractivity contribution >= 4 is 34.3 Å². The summed E-state index contributed by atoms with van der Waals surface area (Å²) in [6.45, 7) is 0.751. The van der Waals surface area contributed by atoms with Crippen LogP contribution in [-0.2, 0) is 11.2 Å². The molecule has 2 heterocycles. The Balaban J connectivity index is 2.11. The zero-order chi connectivity index (χ0) is 16.4. The van der Waals surface area contributed by atoms with Crippen LogP contribution in [0.25, 0.3) is 0 Å². The van der Waals surface area contributed by atoms with Crippen LogP contribution >= 0.6 is 22.6 Å². The number of likely N-dealkylation sites (N-methyl/N-ethyl adjacent to an activating group) is 2. The van der Waals surface area contributed by atoms with Gasteiger partial charge >= 0.3 is 0 Å². The molecule has 1 aromatic heterocycles. The molecule has 1 aromatic carbocycles. The zero-order valence-corrected chi connectivity index (χ0v) is 15.5. The second-order valence-corrected chi connectivity index (χ2v) is 6.90. The minimum Gasteiger partial charge on any atom is -0.344 e. The standard InChI is InChI=1S/C18H20IN3O/c1-21(11-9-19)18(23)16-15-8-4-3-6-13(15)12-14-7-5-10-20-17(14)22(16)2/h3-8,10,16H,9,11-12H2,1-2H3/t16-/m0/s1. The van der Waals surface area contributed by atoms with Gasteiger partial charge in [0.25, 0.3) is 0 Å². The lowest BCUT2D eigenvalue weighted by atomic mass is 9.96. The third-order valence-corrected chi connectivity index (χ3v) is 4.83. The molecule has 1 aliphatic rings. The topological polar surface area (TPSA) is 36.4 Å². The molecule has 0 aliphatic carbocycles. The van der Waals surface area contributed by atoms with Crippen molar-refractivity contribution in [2.45, 2.75) is 12.5 Å². The van der Waals surface area contributed by atoms with Crippen LogP contribution < -0.4 is 4.90 Å². The largest absolute Gasteiger partial charge is 0.344 e. The van der Waals surface area contributed by atoms with E-state index >= 15 is 0 Å². The van der Waals surface area contributed by atoms with Gasteiger partial charge in [-0.05, 0) is 22.8 Å². The Kier molecular flexibility index (Phi) is 4.84. The lowest BCUT2D eigenvalue weighted by Gasteiger charge is -2.31. The molecule has 3 rings (SSSR count). The van der Waals surface area contributed by atoms with Crippen molar-refractivity contribution in [3.05, 3.63) is 59.3 Å². The molecule has 0 bridgehead atoms. The van der Waals surface area contributed by atoms with Gasteiger partial charge in [0.2, 0.25) is 5.91 Å². The maximum atomic E-state index is 13.1. The van der Waals surface area contributed by atoms with Gasteiger partial charge in [0.15, 0.2) is 0 Å². The molecular formula is C18H20IN3O. The molecule has 2 aromatic rings. The summed E-state index contributed by atoms with van der Waals surface area (Å²) in [7, 11) is 3.84. The first-order valence-corrected chi connectivity index (χ1v) is 9.21. The van der Waals surface area contributed by atoms with Gasteiger partial charge < -0.3 is 9.80 Å². The van der Waals surface area contributed by atoms with Crippen LogP contribution in [0.5, 0.6) is 0 Å². The van der Waals surface area contributed by atoms with Crippen molar-refractivity contribution in [2.75, 3.05) is 30.0 Å².